The van der Waals surface area contributed by atoms with Gasteiger partial charge in [0.05, 0.1) is 0 Å². The van der Waals surface area contributed by atoms with Crippen LogP contribution in [0.15, 0.2) is 30.3 Å². The minimum Gasteiger partial charge on any atom is -0.343 e. The van der Waals surface area contributed by atoms with Crippen LogP contribution in [0.3, 0.4) is 0 Å². The molecule has 1 aromatic carbocycles. The maximum absolute atomic E-state index is 12.4. The van der Waals surface area contributed by atoms with E-state index in [9.17, 15) is 9.59 Å². The van der Waals surface area contributed by atoms with Crippen molar-refractivity contribution in [2.75, 3.05) is 19.6 Å². The van der Waals surface area contributed by atoms with Crippen molar-refractivity contribution < 1.29 is 9.59 Å². The standard InChI is InChI=1S/C23H35N3O2/c27-22(12-7-15-24-23(28)25-21-10-5-2-6-11-21)26-16-13-20(14-17-26)18-19-8-3-1-4-9-19/h1,3-4,8-9,20-21H,2,5-7,10-18H2,(H2,24,25,28). The zero-order valence-electron chi connectivity index (χ0n) is 17.0. The molecule has 0 unspecified atom stereocenters. The number of benzene rings is 1. The van der Waals surface area contributed by atoms with Gasteiger partial charge < -0.3 is 15.5 Å². The van der Waals surface area contributed by atoms with Crippen molar-refractivity contribution in [2.45, 2.75) is 70.3 Å². The molecule has 1 saturated heterocycles. The molecule has 2 fully saturated rings. The highest BCUT2D eigenvalue weighted by atomic mass is 16.2. The summed E-state index contributed by atoms with van der Waals surface area (Å²) < 4.78 is 0. The van der Waals surface area contributed by atoms with Gasteiger partial charge in [0.25, 0.3) is 0 Å². The zero-order chi connectivity index (χ0) is 19.6. The molecule has 1 heterocycles. The smallest absolute Gasteiger partial charge is 0.315 e. The highest BCUT2D eigenvalue weighted by Crippen LogP contribution is 2.22. The van der Waals surface area contributed by atoms with Crippen LogP contribution in [0, 0.1) is 5.92 Å². The van der Waals surface area contributed by atoms with Gasteiger partial charge in [0.2, 0.25) is 5.91 Å². The van der Waals surface area contributed by atoms with E-state index in [2.05, 4.69) is 41.0 Å². The molecule has 154 valence electrons. The summed E-state index contributed by atoms with van der Waals surface area (Å²) in [5, 5.41) is 5.95. The number of carbonyl (C=O) groups excluding carboxylic acids is 2. The first-order valence-corrected chi connectivity index (χ1v) is 11.1. The maximum atomic E-state index is 12.4. The molecule has 0 radical (unpaired) electrons. The average molecular weight is 386 g/mol. The van der Waals surface area contributed by atoms with E-state index >= 15 is 0 Å². The highest BCUT2D eigenvalue weighted by molar-refractivity contribution is 5.76. The Morgan fingerprint density at radius 2 is 1.68 bits per heavy atom. The molecule has 0 atom stereocenters. The first-order valence-electron chi connectivity index (χ1n) is 11.1. The molecule has 0 aromatic heterocycles. The van der Waals surface area contributed by atoms with Crippen LogP contribution >= 0.6 is 0 Å². The third kappa shape index (κ3) is 6.84. The van der Waals surface area contributed by atoms with E-state index in [1.54, 1.807) is 0 Å². The van der Waals surface area contributed by atoms with Crippen LogP contribution in [-0.4, -0.2) is 42.5 Å². The number of likely N-dealkylation sites (tertiary alicyclic amines) is 1. The van der Waals surface area contributed by atoms with Crippen LogP contribution < -0.4 is 10.6 Å². The Labute approximate surface area is 169 Å². The van der Waals surface area contributed by atoms with Crippen molar-refractivity contribution >= 4 is 11.9 Å². The number of hydrogen-bond acceptors (Lipinski definition) is 2. The third-order valence-electron chi connectivity index (χ3n) is 6.13. The highest BCUT2D eigenvalue weighted by Gasteiger charge is 2.22. The molecule has 1 aliphatic carbocycles. The Balaban J connectivity index is 1.26. The normalized spacial score (nSPS) is 18.6. The van der Waals surface area contributed by atoms with Crippen molar-refractivity contribution in [1.29, 1.82) is 0 Å². The molecule has 0 spiro atoms. The van der Waals surface area contributed by atoms with Gasteiger partial charge >= 0.3 is 6.03 Å². The molecule has 1 aromatic rings. The second-order valence-corrected chi connectivity index (χ2v) is 8.35. The molecule has 0 bridgehead atoms. The van der Waals surface area contributed by atoms with Crippen LogP contribution in [-0.2, 0) is 11.2 Å². The van der Waals surface area contributed by atoms with Gasteiger partial charge in [-0.2, -0.15) is 0 Å². The summed E-state index contributed by atoms with van der Waals surface area (Å²) in [6.45, 7) is 2.30. The molecule has 2 N–H and O–H groups in total. The van der Waals surface area contributed by atoms with E-state index in [-0.39, 0.29) is 11.9 Å². The Hall–Kier alpha value is -2.04. The van der Waals surface area contributed by atoms with Gasteiger partial charge in [-0.25, -0.2) is 4.79 Å². The Kier molecular flexibility index (Phi) is 8.19. The molecule has 3 rings (SSSR count). The lowest BCUT2D eigenvalue weighted by Crippen LogP contribution is -2.43. The van der Waals surface area contributed by atoms with Gasteiger partial charge in [-0.05, 0) is 50.0 Å². The zero-order valence-corrected chi connectivity index (χ0v) is 17.0. The van der Waals surface area contributed by atoms with Gasteiger partial charge in [-0.15, -0.1) is 0 Å². The Morgan fingerprint density at radius 3 is 2.39 bits per heavy atom. The first-order chi connectivity index (χ1) is 13.7. The molecule has 1 saturated carbocycles. The molecular formula is C23H35N3O2. The predicted molar refractivity (Wildman–Crippen MR) is 112 cm³/mol. The number of piperidine rings is 1. The number of hydrogen-bond donors (Lipinski definition) is 2. The Bertz CT molecular complexity index is 606. The van der Waals surface area contributed by atoms with Crippen LogP contribution in [0.4, 0.5) is 4.79 Å². The van der Waals surface area contributed by atoms with Gasteiger partial charge in [0.15, 0.2) is 0 Å². The fraction of sp³-hybridized carbons (Fsp3) is 0.652. The van der Waals surface area contributed by atoms with Crippen LogP contribution in [0.5, 0.6) is 0 Å². The van der Waals surface area contributed by atoms with Crippen molar-refractivity contribution in [3.63, 3.8) is 0 Å². The monoisotopic (exact) mass is 385 g/mol. The summed E-state index contributed by atoms with van der Waals surface area (Å²) in [6.07, 6.45) is 10.4. The summed E-state index contributed by atoms with van der Waals surface area (Å²) >= 11 is 0. The molecular weight excluding hydrogens is 350 g/mol. The van der Waals surface area contributed by atoms with E-state index in [0.717, 1.165) is 45.2 Å². The average Bonchev–Trinajstić information content (AvgIpc) is 2.73. The molecule has 28 heavy (non-hydrogen) atoms. The van der Waals surface area contributed by atoms with Crippen molar-refractivity contribution in [3.8, 4) is 0 Å². The van der Waals surface area contributed by atoms with Gasteiger partial charge in [0, 0.05) is 32.1 Å². The van der Waals surface area contributed by atoms with E-state index in [4.69, 9.17) is 0 Å². The first kappa shape index (κ1) is 20.7. The van der Waals surface area contributed by atoms with Gasteiger partial charge in [-0.3, -0.25) is 4.79 Å². The van der Waals surface area contributed by atoms with Gasteiger partial charge in [-0.1, -0.05) is 49.6 Å². The number of carbonyl (C=O) groups is 2. The van der Waals surface area contributed by atoms with Crippen molar-refractivity contribution in [3.05, 3.63) is 35.9 Å². The fourth-order valence-corrected chi connectivity index (χ4v) is 4.42. The van der Waals surface area contributed by atoms with Crippen molar-refractivity contribution in [1.82, 2.24) is 15.5 Å². The molecule has 3 amide bonds. The van der Waals surface area contributed by atoms with E-state index in [1.165, 1.54) is 24.8 Å². The number of nitrogens with one attached hydrogen (secondary N) is 2. The summed E-state index contributed by atoms with van der Waals surface area (Å²) in [7, 11) is 0. The molecule has 1 aliphatic heterocycles. The Morgan fingerprint density at radius 1 is 0.964 bits per heavy atom. The quantitative estimate of drug-likeness (QED) is 0.700. The lowest BCUT2D eigenvalue weighted by molar-refractivity contribution is -0.132. The van der Waals surface area contributed by atoms with Crippen LogP contribution in [0.2, 0.25) is 0 Å². The van der Waals surface area contributed by atoms with E-state index in [1.807, 2.05) is 4.90 Å². The lowest BCUT2D eigenvalue weighted by Gasteiger charge is -2.32. The molecule has 2 aliphatic rings. The van der Waals surface area contributed by atoms with Crippen molar-refractivity contribution in [2.24, 2.45) is 5.92 Å². The second-order valence-electron chi connectivity index (χ2n) is 8.35. The predicted octanol–water partition coefficient (Wildman–Crippen LogP) is 3.88. The van der Waals surface area contributed by atoms with E-state index < -0.39 is 0 Å². The van der Waals surface area contributed by atoms with Crippen LogP contribution in [0.1, 0.15) is 63.4 Å². The lowest BCUT2D eigenvalue weighted by atomic mass is 9.90. The third-order valence-corrected chi connectivity index (χ3v) is 6.13. The summed E-state index contributed by atoms with van der Waals surface area (Å²) in [4.78, 5) is 26.4. The topological polar surface area (TPSA) is 61.4 Å². The number of amides is 3. The van der Waals surface area contributed by atoms with E-state index in [0.29, 0.717) is 31.3 Å². The number of urea groups is 1. The number of nitrogens with zero attached hydrogens (tertiary/aromatic N) is 1. The largest absolute Gasteiger partial charge is 0.343 e. The minimum absolute atomic E-state index is 0.0823. The summed E-state index contributed by atoms with van der Waals surface area (Å²) in [5.41, 5.74) is 1.39. The van der Waals surface area contributed by atoms with Crippen LogP contribution in [0.25, 0.3) is 0 Å². The fourth-order valence-electron chi connectivity index (χ4n) is 4.42. The SMILES string of the molecule is O=C(NCCCC(=O)N1CCC(Cc2ccccc2)CC1)NC1CCCCC1. The van der Waals surface area contributed by atoms with Gasteiger partial charge in [0.1, 0.15) is 0 Å². The minimum atomic E-state index is -0.0823. The summed E-state index contributed by atoms with van der Waals surface area (Å²) in [6, 6.07) is 10.9. The summed E-state index contributed by atoms with van der Waals surface area (Å²) in [5.74, 6) is 0.907. The maximum Gasteiger partial charge on any atom is 0.315 e. The molecule has 5 nitrogen and oxygen atoms in total. The molecule has 5 heteroatoms. The number of rotatable bonds is 7. The second kappa shape index (κ2) is 11.1.